The van der Waals surface area contributed by atoms with Crippen LogP contribution in [0.2, 0.25) is 0 Å². The first kappa shape index (κ1) is 17.2. The Morgan fingerprint density at radius 2 is 2.00 bits per heavy atom. The van der Waals surface area contributed by atoms with Crippen LogP contribution in [0, 0.1) is 6.92 Å². The van der Waals surface area contributed by atoms with E-state index in [2.05, 4.69) is 12.2 Å². The van der Waals surface area contributed by atoms with Gasteiger partial charge in [-0.05, 0) is 18.4 Å². The highest BCUT2D eigenvalue weighted by molar-refractivity contribution is 5.85. The predicted molar refractivity (Wildman–Crippen MR) is 82.5 cm³/mol. The fraction of sp³-hybridized carbons (Fsp3) is 0.471. The van der Waals surface area contributed by atoms with Crippen LogP contribution in [0.5, 0.6) is 0 Å². The number of ether oxygens (including phenoxy) is 1. The molecule has 0 aliphatic carbocycles. The van der Waals surface area contributed by atoms with E-state index in [-0.39, 0.29) is 18.3 Å². The summed E-state index contributed by atoms with van der Waals surface area (Å²) in [6.07, 6.45) is 3.12. The van der Waals surface area contributed by atoms with E-state index in [1.165, 1.54) is 0 Å². The number of rotatable bonds is 9. The molecule has 1 aromatic rings. The highest BCUT2D eigenvalue weighted by Gasteiger charge is 2.21. The van der Waals surface area contributed by atoms with Crippen molar-refractivity contribution >= 4 is 11.9 Å². The Kier molecular flexibility index (Phi) is 8.17. The number of nitrogens with one attached hydrogen (secondary N) is 1. The smallest absolute Gasteiger partial charge is 0.328 e. The van der Waals surface area contributed by atoms with E-state index in [9.17, 15) is 9.59 Å². The normalized spacial score (nSPS) is 11.7. The van der Waals surface area contributed by atoms with E-state index in [0.717, 1.165) is 18.4 Å². The Balaban J connectivity index is 2.48. The maximum Gasteiger partial charge on any atom is 0.328 e. The van der Waals surface area contributed by atoms with Crippen molar-refractivity contribution in [3.05, 3.63) is 42.8 Å². The van der Waals surface area contributed by atoms with Crippen molar-refractivity contribution in [2.24, 2.45) is 0 Å². The van der Waals surface area contributed by atoms with Crippen LogP contribution in [0.15, 0.2) is 30.3 Å². The van der Waals surface area contributed by atoms with E-state index >= 15 is 0 Å². The van der Waals surface area contributed by atoms with Crippen LogP contribution < -0.4 is 5.32 Å². The summed E-state index contributed by atoms with van der Waals surface area (Å²) in [5.74, 6) is -0.541. The third-order valence-electron chi connectivity index (χ3n) is 3.06. The van der Waals surface area contributed by atoms with Crippen molar-refractivity contribution in [1.82, 2.24) is 5.32 Å². The first-order valence-electron chi connectivity index (χ1n) is 7.46. The molecular formula is C17H24NO3. The van der Waals surface area contributed by atoms with Gasteiger partial charge in [0.15, 0.2) is 0 Å². The van der Waals surface area contributed by atoms with Crippen LogP contribution in [-0.4, -0.2) is 24.5 Å². The van der Waals surface area contributed by atoms with Crippen LogP contribution in [-0.2, 0) is 20.7 Å². The van der Waals surface area contributed by atoms with Crippen LogP contribution >= 0.6 is 0 Å². The molecule has 0 fully saturated rings. The van der Waals surface area contributed by atoms with E-state index in [1.54, 1.807) is 0 Å². The zero-order chi connectivity index (χ0) is 15.5. The predicted octanol–water partition coefficient (Wildman–Crippen LogP) is 2.67. The monoisotopic (exact) mass is 290 g/mol. The minimum atomic E-state index is -0.601. The number of unbranched alkanes of at least 4 members (excludes halogenated alkanes) is 1. The van der Waals surface area contributed by atoms with Crippen molar-refractivity contribution in [2.45, 2.75) is 45.1 Å². The van der Waals surface area contributed by atoms with Gasteiger partial charge in [0.05, 0.1) is 13.0 Å². The quantitative estimate of drug-likeness (QED) is 0.562. The maximum absolute atomic E-state index is 12.0. The zero-order valence-corrected chi connectivity index (χ0v) is 12.6. The second kappa shape index (κ2) is 9.97. The van der Waals surface area contributed by atoms with Crippen LogP contribution in [0.3, 0.4) is 0 Å². The molecule has 1 atom stereocenters. The lowest BCUT2D eigenvalue weighted by molar-refractivity contribution is -0.148. The van der Waals surface area contributed by atoms with Gasteiger partial charge in [-0.25, -0.2) is 4.79 Å². The lowest BCUT2D eigenvalue weighted by atomic mass is 10.1. The Labute approximate surface area is 126 Å². The molecule has 0 heterocycles. The fourth-order valence-electron chi connectivity index (χ4n) is 1.90. The molecule has 4 nitrogen and oxygen atoms in total. The van der Waals surface area contributed by atoms with Crippen molar-refractivity contribution in [2.75, 3.05) is 6.61 Å². The Morgan fingerprint density at radius 1 is 1.29 bits per heavy atom. The molecule has 0 aliphatic rings. The largest absolute Gasteiger partial charge is 0.464 e. The molecule has 0 aliphatic heterocycles. The SMILES string of the molecule is [CH2]CCC(NC(=O)Cc1ccccc1)C(=O)OCCCC. The summed E-state index contributed by atoms with van der Waals surface area (Å²) in [5, 5.41) is 2.74. The second-order valence-corrected chi connectivity index (χ2v) is 4.95. The molecule has 1 N–H and O–H groups in total. The molecule has 0 spiro atoms. The zero-order valence-electron chi connectivity index (χ0n) is 12.6. The van der Waals surface area contributed by atoms with Crippen molar-refractivity contribution in [1.29, 1.82) is 0 Å². The van der Waals surface area contributed by atoms with Gasteiger partial charge in [-0.15, -0.1) is 0 Å². The molecule has 0 saturated carbocycles. The van der Waals surface area contributed by atoms with E-state index < -0.39 is 6.04 Å². The van der Waals surface area contributed by atoms with Gasteiger partial charge in [0.1, 0.15) is 6.04 Å². The van der Waals surface area contributed by atoms with Gasteiger partial charge in [0.25, 0.3) is 0 Å². The van der Waals surface area contributed by atoms with Gasteiger partial charge in [0.2, 0.25) is 5.91 Å². The van der Waals surface area contributed by atoms with E-state index in [4.69, 9.17) is 4.74 Å². The van der Waals surface area contributed by atoms with Crippen molar-refractivity contribution in [3.8, 4) is 0 Å². The number of benzene rings is 1. The van der Waals surface area contributed by atoms with Crippen LogP contribution in [0.4, 0.5) is 0 Å². The third kappa shape index (κ3) is 6.93. The number of hydrogen-bond acceptors (Lipinski definition) is 3. The molecule has 0 bridgehead atoms. The molecule has 0 aromatic heterocycles. The minimum Gasteiger partial charge on any atom is -0.464 e. The number of amides is 1. The summed E-state index contributed by atoms with van der Waals surface area (Å²) in [4.78, 5) is 23.9. The van der Waals surface area contributed by atoms with Gasteiger partial charge < -0.3 is 10.1 Å². The third-order valence-corrected chi connectivity index (χ3v) is 3.06. The van der Waals surface area contributed by atoms with Crippen molar-refractivity contribution < 1.29 is 14.3 Å². The molecule has 4 heteroatoms. The number of esters is 1. The summed E-state index contributed by atoms with van der Waals surface area (Å²) in [6.45, 7) is 6.17. The standard InChI is InChI=1S/C17H24NO3/c1-3-5-12-21-17(20)15(9-4-2)18-16(19)13-14-10-7-6-8-11-14/h6-8,10-11,15H,2-5,9,12-13H2,1H3,(H,18,19). The minimum absolute atomic E-state index is 0.174. The van der Waals surface area contributed by atoms with Gasteiger partial charge in [-0.1, -0.05) is 57.0 Å². The number of carbonyl (C=O) groups is 2. The molecule has 1 unspecified atom stereocenters. The summed E-state index contributed by atoms with van der Waals surface area (Å²) in [6, 6.07) is 8.84. The molecule has 115 valence electrons. The van der Waals surface area contributed by atoms with E-state index in [1.807, 2.05) is 37.3 Å². The summed E-state index contributed by atoms with van der Waals surface area (Å²) < 4.78 is 5.17. The number of hydrogen-bond donors (Lipinski definition) is 1. The van der Waals surface area contributed by atoms with Gasteiger partial charge >= 0.3 is 5.97 Å². The Morgan fingerprint density at radius 3 is 2.62 bits per heavy atom. The first-order chi connectivity index (χ1) is 10.2. The molecule has 1 radical (unpaired) electrons. The molecule has 1 aromatic carbocycles. The van der Waals surface area contributed by atoms with Crippen molar-refractivity contribution in [3.63, 3.8) is 0 Å². The molecule has 21 heavy (non-hydrogen) atoms. The average Bonchev–Trinajstić information content (AvgIpc) is 2.48. The highest BCUT2D eigenvalue weighted by atomic mass is 16.5. The summed E-state index contributed by atoms with van der Waals surface area (Å²) in [5.41, 5.74) is 0.919. The lowest BCUT2D eigenvalue weighted by Gasteiger charge is -2.17. The summed E-state index contributed by atoms with van der Waals surface area (Å²) in [7, 11) is 0. The fourth-order valence-corrected chi connectivity index (χ4v) is 1.90. The van der Waals surface area contributed by atoms with E-state index in [0.29, 0.717) is 19.4 Å². The van der Waals surface area contributed by atoms with Crippen LogP contribution in [0.1, 0.15) is 38.2 Å². The first-order valence-corrected chi connectivity index (χ1v) is 7.46. The molecule has 1 amide bonds. The second-order valence-electron chi connectivity index (χ2n) is 4.95. The summed E-state index contributed by atoms with van der Waals surface area (Å²) >= 11 is 0. The Bertz CT molecular complexity index is 431. The average molecular weight is 290 g/mol. The Hall–Kier alpha value is -1.84. The molecular weight excluding hydrogens is 266 g/mol. The molecule has 1 rings (SSSR count). The van der Waals surface area contributed by atoms with Gasteiger partial charge in [-0.3, -0.25) is 4.79 Å². The molecule has 0 saturated heterocycles. The highest BCUT2D eigenvalue weighted by Crippen LogP contribution is 2.04. The maximum atomic E-state index is 12.0. The van der Waals surface area contributed by atoms with Crippen LogP contribution in [0.25, 0.3) is 0 Å². The van der Waals surface area contributed by atoms with Gasteiger partial charge in [-0.2, -0.15) is 0 Å². The van der Waals surface area contributed by atoms with Gasteiger partial charge in [0, 0.05) is 0 Å². The topological polar surface area (TPSA) is 55.4 Å². The lowest BCUT2D eigenvalue weighted by Crippen LogP contribution is -2.42. The number of carbonyl (C=O) groups excluding carboxylic acids is 2.